The predicted molar refractivity (Wildman–Crippen MR) is 96.3 cm³/mol. The fraction of sp³-hybridized carbons (Fsp3) is 0.176. The third-order valence-corrected chi connectivity index (χ3v) is 4.83. The van der Waals surface area contributed by atoms with Gasteiger partial charge in [-0.1, -0.05) is 34.1 Å². The quantitative estimate of drug-likeness (QED) is 0.718. The van der Waals surface area contributed by atoms with E-state index in [0.717, 1.165) is 17.7 Å². The second-order valence-electron chi connectivity index (χ2n) is 5.28. The number of benzene rings is 2. The fourth-order valence-corrected chi connectivity index (χ4v) is 3.83. The minimum absolute atomic E-state index is 0.00845. The Morgan fingerprint density at radius 1 is 1.21 bits per heavy atom. The number of amides is 1. The number of phenolic OH excluding ortho intramolecular Hbond substituents is 1. The van der Waals surface area contributed by atoms with E-state index in [1.54, 1.807) is 11.0 Å². The van der Waals surface area contributed by atoms with E-state index in [2.05, 4.69) is 31.9 Å². The topological polar surface area (TPSA) is 66.8 Å². The molecule has 0 unspecified atom stereocenters. The Morgan fingerprint density at radius 2 is 1.96 bits per heavy atom. The van der Waals surface area contributed by atoms with Gasteiger partial charge in [-0.15, -0.1) is 0 Å². The first kappa shape index (κ1) is 17.0. The number of fused-ring (bicyclic) bond motifs is 1. The molecule has 0 radical (unpaired) electrons. The molecule has 124 valence electrons. The molecule has 7 heteroatoms. The van der Waals surface area contributed by atoms with E-state index >= 15 is 0 Å². The molecule has 0 bridgehead atoms. The Hall–Kier alpha value is -1.86. The Morgan fingerprint density at radius 3 is 2.75 bits per heavy atom. The maximum absolute atomic E-state index is 12.3. The van der Waals surface area contributed by atoms with Crippen molar-refractivity contribution >= 4 is 49.4 Å². The van der Waals surface area contributed by atoms with Crippen LogP contribution in [-0.2, 0) is 16.0 Å². The summed E-state index contributed by atoms with van der Waals surface area (Å²) in [5, 5.41) is 9.94. The second-order valence-corrected chi connectivity index (χ2v) is 7.05. The molecule has 0 saturated carbocycles. The maximum atomic E-state index is 12.3. The van der Waals surface area contributed by atoms with E-state index in [1.807, 2.05) is 24.3 Å². The Kier molecular flexibility index (Phi) is 4.91. The molecule has 24 heavy (non-hydrogen) atoms. The number of rotatable bonds is 3. The lowest BCUT2D eigenvalue weighted by Crippen LogP contribution is -2.33. The molecule has 0 aromatic heterocycles. The van der Waals surface area contributed by atoms with Gasteiger partial charge in [0, 0.05) is 16.7 Å². The van der Waals surface area contributed by atoms with Crippen molar-refractivity contribution in [2.75, 3.05) is 18.1 Å². The van der Waals surface area contributed by atoms with E-state index < -0.39 is 5.97 Å². The van der Waals surface area contributed by atoms with Gasteiger partial charge in [-0.2, -0.15) is 0 Å². The minimum atomic E-state index is -0.754. The Labute approximate surface area is 155 Å². The van der Waals surface area contributed by atoms with E-state index in [0.29, 0.717) is 15.5 Å². The van der Waals surface area contributed by atoms with Crippen LogP contribution in [0.2, 0.25) is 0 Å². The molecule has 5 nitrogen and oxygen atoms in total. The van der Waals surface area contributed by atoms with Crippen LogP contribution >= 0.6 is 31.9 Å². The van der Waals surface area contributed by atoms with Crippen molar-refractivity contribution in [1.29, 1.82) is 0 Å². The molecular formula is C17H13Br2NO4. The Bertz CT molecular complexity index is 822. The zero-order chi connectivity index (χ0) is 17.3. The zero-order valence-electron chi connectivity index (χ0n) is 12.5. The number of anilines is 1. The van der Waals surface area contributed by atoms with Gasteiger partial charge >= 0.3 is 5.97 Å². The lowest BCUT2D eigenvalue weighted by atomic mass is 10.2. The summed E-state index contributed by atoms with van der Waals surface area (Å²) >= 11 is 6.40. The first-order valence-corrected chi connectivity index (χ1v) is 8.79. The van der Waals surface area contributed by atoms with Gasteiger partial charge in [0.15, 0.2) is 6.61 Å². The van der Waals surface area contributed by atoms with Gasteiger partial charge in [-0.25, -0.2) is 4.79 Å². The molecule has 3 rings (SSSR count). The highest BCUT2D eigenvalue weighted by atomic mass is 79.9. The van der Waals surface area contributed by atoms with Crippen LogP contribution < -0.4 is 4.90 Å². The third-order valence-electron chi connectivity index (χ3n) is 3.76. The number of ether oxygens (including phenoxy) is 1. The summed E-state index contributed by atoms with van der Waals surface area (Å²) < 4.78 is 6.05. The van der Waals surface area contributed by atoms with Gasteiger partial charge in [0.25, 0.3) is 5.91 Å². The van der Waals surface area contributed by atoms with Gasteiger partial charge < -0.3 is 14.7 Å². The van der Waals surface area contributed by atoms with E-state index in [4.69, 9.17) is 4.74 Å². The van der Waals surface area contributed by atoms with E-state index in [-0.39, 0.29) is 23.8 Å². The van der Waals surface area contributed by atoms with Crippen LogP contribution in [0.1, 0.15) is 15.9 Å². The SMILES string of the molecule is O=C(OCC(=O)N1CCc2ccccc21)c1cc(Br)cc(Br)c1O. The van der Waals surface area contributed by atoms with Crippen LogP contribution in [0.3, 0.4) is 0 Å². The number of aromatic hydroxyl groups is 1. The average molecular weight is 455 g/mol. The molecule has 1 N–H and O–H groups in total. The summed E-state index contributed by atoms with van der Waals surface area (Å²) in [6.45, 7) is 0.195. The van der Waals surface area contributed by atoms with Gasteiger partial charge in [0.05, 0.1) is 4.47 Å². The van der Waals surface area contributed by atoms with Crippen LogP contribution in [0.25, 0.3) is 0 Å². The number of nitrogens with zero attached hydrogens (tertiary/aromatic N) is 1. The van der Waals surface area contributed by atoms with Crippen molar-refractivity contribution in [2.24, 2.45) is 0 Å². The molecule has 0 fully saturated rings. The number of hydrogen-bond donors (Lipinski definition) is 1. The highest BCUT2D eigenvalue weighted by Gasteiger charge is 2.25. The molecule has 0 saturated heterocycles. The maximum Gasteiger partial charge on any atom is 0.342 e. The number of hydrogen-bond acceptors (Lipinski definition) is 4. The number of para-hydroxylation sites is 1. The first-order chi connectivity index (χ1) is 11.5. The normalized spacial score (nSPS) is 12.8. The van der Waals surface area contributed by atoms with Crippen molar-refractivity contribution < 1.29 is 19.4 Å². The zero-order valence-corrected chi connectivity index (χ0v) is 15.6. The van der Waals surface area contributed by atoms with Crippen molar-refractivity contribution in [2.45, 2.75) is 6.42 Å². The highest BCUT2D eigenvalue weighted by Crippen LogP contribution is 2.32. The van der Waals surface area contributed by atoms with Crippen LogP contribution in [0.15, 0.2) is 45.3 Å². The van der Waals surface area contributed by atoms with Gasteiger partial charge in [-0.3, -0.25) is 4.79 Å². The fourth-order valence-electron chi connectivity index (χ4n) is 2.60. The van der Waals surface area contributed by atoms with Crippen molar-refractivity contribution in [3.8, 4) is 5.75 Å². The van der Waals surface area contributed by atoms with Crippen molar-refractivity contribution in [1.82, 2.24) is 0 Å². The molecule has 1 heterocycles. The lowest BCUT2D eigenvalue weighted by Gasteiger charge is -2.17. The number of carbonyl (C=O) groups excluding carboxylic acids is 2. The number of phenols is 1. The summed E-state index contributed by atoms with van der Waals surface area (Å²) in [7, 11) is 0. The second kappa shape index (κ2) is 6.94. The molecule has 0 aliphatic carbocycles. The summed E-state index contributed by atoms with van der Waals surface area (Å²) in [5.41, 5.74) is 1.95. The van der Waals surface area contributed by atoms with Gasteiger partial charge in [0.1, 0.15) is 11.3 Å². The molecule has 0 spiro atoms. The highest BCUT2D eigenvalue weighted by molar-refractivity contribution is 9.11. The van der Waals surface area contributed by atoms with Crippen molar-refractivity contribution in [3.05, 3.63) is 56.5 Å². The largest absolute Gasteiger partial charge is 0.506 e. The van der Waals surface area contributed by atoms with E-state index in [1.165, 1.54) is 6.07 Å². The average Bonchev–Trinajstić information content (AvgIpc) is 2.99. The molecule has 0 atom stereocenters. The summed E-state index contributed by atoms with van der Waals surface area (Å²) in [4.78, 5) is 26.1. The number of carbonyl (C=O) groups is 2. The smallest absolute Gasteiger partial charge is 0.342 e. The molecular weight excluding hydrogens is 442 g/mol. The van der Waals surface area contributed by atoms with Crippen LogP contribution in [-0.4, -0.2) is 30.1 Å². The summed E-state index contributed by atoms with van der Waals surface area (Å²) in [6, 6.07) is 10.7. The third kappa shape index (κ3) is 3.32. The van der Waals surface area contributed by atoms with Gasteiger partial charge in [0.2, 0.25) is 0 Å². The van der Waals surface area contributed by atoms with E-state index in [9.17, 15) is 14.7 Å². The van der Waals surface area contributed by atoms with Crippen LogP contribution in [0.5, 0.6) is 5.75 Å². The van der Waals surface area contributed by atoms with Crippen molar-refractivity contribution in [3.63, 3.8) is 0 Å². The Balaban J connectivity index is 1.68. The molecule has 1 amide bonds. The van der Waals surface area contributed by atoms with Gasteiger partial charge in [-0.05, 0) is 46.1 Å². The van der Waals surface area contributed by atoms with Crippen LogP contribution in [0, 0.1) is 0 Å². The molecule has 2 aromatic rings. The number of halogens is 2. The molecule has 1 aliphatic rings. The number of esters is 1. The standard InChI is InChI=1S/C17H13Br2NO4/c18-11-7-12(16(22)13(19)8-11)17(23)24-9-15(21)20-6-5-10-3-1-2-4-14(10)20/h1-4,7-8,22H,5-6,9H2. The van der Waals surface area contributed by atoms with Crippen LogP contribution in [0.4, 0.5) is 5.69 Å². The predicted octanol–water partition coefficient (Wildman–Crippen LogP) is 3.66. The lowest BCUT2D eigenvalue weighted by molar-refractivity contribution is -0.121. The first-order valence-electron chi connectivity index (χ1n) is 7.21. The summed E-state index contributed by atoms with van der Waals surface area (Å²) in [5.74, 6) is -1.26. The molecule has 1 aliphatic heterocycles. The minimum Gasteiger partial charge on any atom is -0.506 e. The molecule has 2 aromatic carbocycles. The summed E-state index contributed by atoms with van der Waals surface area (Å²) in [6.07, 6.45) is 0.787. The monoisotopic (exact) mass is 453 g/mol.